The smallest absolute Gasteiger partial charge is 0.223 e. The third kappa shape index (κ3) is 4.55. The maximum atomic E-state index is 5.54. The molecule has 1 N–H and O–H groups in total. The van der Waals surface area contributed by atoms with E-state index in [-0.39, 0.29) is 0 Å². The number of aromatic nitrogens is 2. The van der Waals surface area contributed by atoms with Gasteiger partial charge in [-0.3, -0.25) is 0 Å². The molecule has 0 unspecified atom stereocenters. The van der Waals surface area contributed by atoms with E-state index in [4.69, 9.17) is 28.9 Å². The van der Waals surface area contributed by atoms with Gasteiger partial charge >= 0.3 is 0 Å². The van der Waals surface area contributed by atoms with E-state index < -0.39 is 0 Å². The number of hydrogen-bond acceptors (Lipinski definition) is 7. The highest BCUT2D eigenvalue weighted by Crippen LogP contribution is 2.37. The van der Waals surface area contributed by atoms with Gasteiger partial charge in [-0.25, -0.2) is 9.97 Å². The van der Waals surface area contributed by atoms with Crippen LogP contribution in [0.1, 0.15) is 13.3 Å². The van der Waals surface area contributed by atoms with E-state index in [1.807, 2.05) is 42.5 Å². The zero-order valence-corrected chi connectivity index (χ0v) is 20.1. The van der Waals surface area contributed by atoms with Crippen molar-refractivity contribution in [1.29, 1.82) is 0 Å². The van der Waals surface area contributed by atoms with Gasteiger partial charge in [0.15, 0.2) is 23.0 Å². The van der Waals surface area contributed by atoms with Crippen molar-refractivity contribution in [3.63, 3.8) is 0 Å². The predicted octanol–water partition coefficient (Wildman–Crippen LogP) is 5.82. The maximum absolute atomic E-state index is 5.54. The Kier molecular flexibility index (Phi) is 7.01. The Balaban J connectivity index is 1.90. The first-order valence-electron chi connectivity index (χ1n) is 11.1. The number of fused-ring (bicyclic) bond motifs is 1. The molecule has 0 spiro atoms. The van der Waals surface area contributed by atoms with E-state index in [2.05, 4.69) is 24.4 Å². The molecule has 4 rings (SSSR count). The molecule has 0 aliphatic heterocycles. The fraction of sp³-hybridized carbons (Fsp3) is 0.259. The van der Waals surface area contributed by atoms with Crippen molar-refractivity contribution >= 4 is 16.9 Å². The molecule has 0 atom stereocenters. The number of methoxy groups -OCH3 is 4. The molecular formula is C27H29N3O4. The van der Waals surface area contributed by atoms with Gasteiger partial charge in [0.05, 0.1) is 39.6 Å². The lowest BCUT2D eigenvalue weighted by atomic mass is 9.99. The highest BCUT2D eigenvalue weighted by atomic mass is 16.5. The number of ether oxygens (including phenoxy) is 4. The molecule has 0 saturated carbocycles. The van der Waals surface area contributed by atoms with Crippen molar-refractivity contribution in [2.75, 3.05) is 40.3 Å². The minimum absolute atomic E-state index is 0.595. The Labute approximate surface area is 199 Å². The van der Waals surface area contributed by atoms with Crippen molar-refractivity contribution in [1.82, 2.24) is 9.97 Å². The summed E-state index contributed by atoms with van der Waals surface area (Å²) in [7, 11) is 6.52. The topological polar surface area (TPSA) is 74.7 Å². The van der Waals surface area contributed by atoms with Gasteiger partial charge in [0.25, 0.3) is 0 Å². The fourth-order valence-electron chi connectivity index (χ4n) is 3.84. The Bertz CT molecular complexity index is 1310. The van der Waals surface area contributed by atoms with Crippen LogP contribution in [0.25, 0.3) is 33.3 Å². The number of anilines is 1. The first-order chi connectivity index (χ1) is 16.6. The molecule has 0 radical (unpaired) electrons. The molecule has 1 heterocycles. The van der Waals surface area contributed by atoms with Gasteiger partial charge in [-0.1, -0.05) is 19.1 Å². The minimum Gasteiger partial charge on any atom is -0.493 e. The van der Waals surface area contributed by atoms with Gasteiger partial charge in [-0.15, -0.1) is 0 Å². The summed E-state index contributed by atoms with van der Waals surface area (Å²) in [5, 5.41) is 4.25. The van der Waals surface area contributed by atoms with Crippen LogP contribution in [0, 0.1) is 0 Å². The molecule has 3 aromatic carbocycles. The third-order valence-corrected chi connectivity index (χ3v) is 5.60. The van der Waals surface area contributed by atoms with Crippen molar-refractivity contribution in [2.45, 2.75) is 13.3 Å². The van der Waals surface area contributed by atoms with Gasteiger partial charge < -0.3 is 24.3 Å². The number of benzene rings is 3. The second kappa shape index (κ2) is 10.3. The molecule has 0 aliphatic rings. The van der Waals surface area contributed by atoms with E-state index in [0.29, 0.717) is 28.9 Å². The number of hydrogen-bond donors (Lipinski definition) is 1. The third-order valence-electron chi connectivity index (χ3n) is 5.60. The van der Waals surface area contributed by atoms with E-state index >= 15 is 0 Å². The van der Waals surface area contributed by atoms with Gasteiger partial charge in [0.1, 0.15) is 0 Å². The second-order valence-electron chi connectivity index (χ2n) is 7.69. The van der Waals surface area contributed by atoms with Crippen molar-refractivity contribution in [3.05, 3.63) is 54.6 Å². The van der Waals surface area contributed by atoms with Crippen LogP contribution < -0.4 is 24.3 Å². The number of nitrogens with one attached hydrogen (secondary N) is 1. The summed E-state index contributed by atoms with van der Waals surface area (Å²) in [5.74, 6) is 3.27. The monoisotopic (exact) mass is 459 g/mol. The summed E-state index contributed by atoms with van der Waals surface area (Å²) in [6.07, 6.45) is 0.978. The highest BCUT2D eigenvalue weighted by molar-refractivity contribution is 5.96. The van der Waals surface area contributed by atoms with Crippen LogP contribution in [0.2, 0.25) is 0 Å². The average Bonchev–Trinajstić information content (AvgIpc) is 2.90. The van der Waals surface area contributed by atoms with Crippen molar-refractivity contribution in [2.24, 2.45) is 0 Å². The fourth-order valence-corrected chi connectivity index (χ4v) is 3.84. The van der Waals surface area contributed by atoms with Crippen LogP contribution in [0.3, 0.4) is 0 Å². The molecule has 34 heavy (non-hydrogen) atoms. The first kappa shape index (κ1) is 23.2. The zero-order chi connectivity index (χ0) is 24.1. The molecule has 4 aromatic rings. The minimum atomic E-state index is 0.595. The summed E-state index contributed by atoms with van der Waals surface area (Å²) >= 11 is 0. The standard InChI is InChI=1S/C27H29N3O4/c1-6-13-28-27-29-21-10-7-17(18-8-11-22(31-2)24(15-18)33-4)14-20(21)26(30-27)19-9-12-23(32-3)25(16-19)34-5/h7-12,14-16H,6,13H2,1-5H3,(H,28,29,30). The molecule has 176 valence electrons. The lowest BCUT2D eigenvalue weighted by Gasteiger charge is -2.14. The Morgan fingerprint density at radius 1 is 0.647 bits per heavy atom. The van der Waals surface area contributed by atoms with E-state index in [9.17, 15) is 0 Å². The van der Waals surface area contributed by atoms with Crippen LogP contribution in [0.5, 0.6) is 23.0 Å². The zero-order valence-electron chi connectivity index (χ0n) is 20.1. The van der Waals surface area contributed by atoms with Gasteiger partial charge in [0.2, 0.25) is 5.95 Å². The van der Waals surface area contributed by atoms with Gasteiger partial charge in [-0.2, -0.15) is 0 Å². The van der Waals surface area contributed by atoms with Gasteiger partial charge in [0, 0.05) is 17.5 Å². The van der Waals surface area contributed by atoms with Crippen LogP contribution in [-0.2, 0) is 0 Å². The molecule has 0 saturated heterocycles. The Hall–Kier alpha value is -4.00. The van der Waals surface area contributed by atoms with Crippen molar-refractivity contribution < 1.29 is 18.9 Å². The molecule has 7 nitrogen and oxygen atoms in total. The summed E-state index contributed by atoms with van der Waals surface area (Å²) < 4.78 is 21.8. The van der Waals surface area contributed by atoms with Crippen LogP contribution in [0.4, 0.5) is 5.95 Å². The van der Waals surface area contributed by atoms with Gasteiger partial charge in [-0.05, 0) is 60.0 Å². The van der Waals surface area contributed by atoms with E-state index in [1.54, 1.807) is 28.4 Å². The molecule has 7 heteroatoms. The van der Waals surface area contributed by atoms with Crippen LogP contribution in [-0.4, -0.2) is 45.0 Å². The molecular weight excluding hydrogens is 430 g/mol. The molecule has 0 aliphatic carbocycles. The van der Waals surface area contributed by atoms with E-state index in [1.165, 1.54) is 0 Å². The number of rotatable bonds is 9. The van der Waals surface area contributed by atoms with Crippen LogP contribution >= 0.6 is 0 Å². The SMILES string of the molecule is CCCNc1nc(-c2ccc(OC)c(OC)c2)c2cc(-c3ccc(OC)c(OC)c3)ccc2n1. The molecule has 1 aromatic heterocycles. The summed E-state index contributed by atoms with van der Waals surface area (Å²) in [4.78, 5) is 9.62. The predicted molar refractivity (Wildman–Crippen MR) is 135 cm³/mol. The maximum Gasteiger partial charge on any atom is 0.223 e. The van der Waals surface area contributed by atoms with Crippen LogP contribution in [0.15, 0.2) is 54.6 Å². The summed E-state index contributed by atoms with van der Waals surface area (Å²) in [5.41, 5.74) is 4.60. The largest absolute Gasteiger partial charge is 0.493 e. The summed E-state index contributed by atoms with van der Waals surface area (Å²) in [6.45, 7) is 2.90. The number of nitrogens with zero attached hydrogens (tertiary/aromatic N) is 2. The lowest BCUT2D eigenvalue weighted by Crippen LogP contribution is -2.05. The summed E-state index contributed by atoms with van der Waals surface area (Å²) in [6, 6.07) is 17.9. The molecule has 0 bridgehead atoms. The Morgan fingerprint density at radius 3 is 1.82 bits per heavy atom. The second-order valence-corrected chi connectivity index (χ2v) is 7.69. The normalized spacial score (nSPS) is 10.7. The highest BCUT2D eigenvalue weighted by Gasteiger charge is 2.15. The average molecular weight is 460 g/mol. The van der Waals surface area contributed by atoms with E-state index in [0.717, 1.165) is 46.3 Å². The first-order valence-corrected chi connectivity index (χ1v) is 11.1. The molecule has 0 amide bonds. The van der Waals surface area contributed by atoms with Crippen molar-refractivity contribution in [3.8, 4) is 45.4 Å². The Morgan fingerprint density at radius 2 is 1.21 bits per heavy atom. The lowest BCUT2D eigenvalue weighted by molar-refractivity contribution is 0.355. The molecule has 0 fully saturated rings. The quantitative estimate of drug-likeness (QED) is 0.338.